The standard InChI is InChI=1S/C52H33N4OP/c1-53-45-34-46-52(56-50(37-20-8-3-9-21-37)49(55-46)36-18-6-2-7-19-36)48-47(45)43-28-16-17-29-44(43)54-51(48)42-27-15-14-26-41(42)35-30-32-40(33-31-35)58(57,38-22-10-4-11-23-38)39-24-12-5-13-25-39/h2-34H. The second-order valence-corrected chi connectivity index (χ2v) is 16.9. The molecule has 2 heterocycles. The summed E-state index contributed by atoms with van der Waals surface area (Å²) in [5, 5.41) is 4.77. The van der Waals surface area contributed by atoms with E-state index >= 15 is 4.57 Å². The van der Waals surface area contributed by atoms with Crippen LogP contribution in [0.2, 0.25) is 0 Å². The quantitative estimate of drug-likeness (QED) is 0.0922. The van der Waals surface area contributed by atoms with Gasteiger partial charge < -0.3 is 4.57 Å². The Hall–Kier alpha value is -7.51. The minimum Gasteiger partial charge on any atom is -0.309 e. The second kappa shape index (κ2) is 14.5. The third-order valence-corrected chi connectivity index (χ3v) is 13.8. The predicted molar refractivity (Wildman–Crippen MR) is 240 cm³/mol. The number of rotatable bonds is 7. The van der Waals surface area contributed by atoms with E-state index in [2.05, 4.69) is 41.2 Å². The summed E-state index contributed by atoms with van der Waals surface area (Å²) in [6.45, 7) is 8.45. The van der Waals surface area contributed by atoms with Crippen LogP contribution in [-0.2, 0) is 4.57 Å². The molecule has 0 amide bonds. The van der Waals surface area contributed by atoms with Crippen LogP contribution in [0, 0.1) is 6.57 Å². The maximum absolute atomic E-state index is 15.2. The molecule has 0 N–H and O–H groups in total. The van der Waals surface area contributed by atoms with E-state index < -0.39 is 7.14 Å². The Morgan fingerprint density at radius 1 is 0.414 bits per heavy atom. The van der Waals surface area contributed by atoms with E-state index in [1.54, 1.807) is 0 Å². The summed E-state index contributed by atoms with van der Waals surface area (Å²) in [5.41, 5.74) is 9.43. The van der Waals surface area contributed by atoms with Crippen LogP contribution in [0.15, 0.2) is 200 Å². The van der Waals surface area contributed by atoms with E-state index in [-0.39, 0.29) is 0 Å². The smallest absolute Gasteiger partial charge is 0.197 e. The molecule has 2 aromatic heterocycles. The van der Waals surface area contributed by atoms with Crippen molar-refractivity contribution in [3.8, 4) is 44.9 Å². The zero-order chi connectivity index (χ0) is 39.1. The molecule has 0 bridgehead atoms. The summed E-state index contributed by atoms with van der Waals surface area (Å²) >= 11 is 0. The fourth-order valence-corrected chi connectivity index (χ4v) is 10.7. The molecule has 58 heavy (non-hydrogen) atoms. The number of aromatic nitrogens is 3. The lowest BCUT2D eigenvalue weighted by molar-refractivity contribution is 0.592. The molecule has 6 heteroatoms. The number of hydrogen-bond acceptors (Lipinski definition) is 4. The summed E-state index contributed by atoms with van der Waals surface area (Å²) in [6, 6.07) is 65.8. The summed E-state index contributed by atoms with van der Waals surface area (Å²) < 4.78 is 15.2. The van der Waals surface area contributed by atoms with E-state index in [0.29, 0.717) is 22.4 Å². The zero-order valence-electron chi connectivity index (χ0n) is 31.2. The van der Waals surface area contributed by atoms with Crippen molar-refractivity contribution >= 4 is 61.5 Å². The van der Waals surface area contributed by atoms with Crippen LogP contribution in [0.25, 0.3) is 82.5 Å². The van der Waals surface area contributed by atoms with Gasteiger partial charge in [0.25, 0.3) is 0 Å². The molecule has 0 unspecified atom stereocenters. The van der Waals surface area contributed by atoms with Gasteiger partial charge in [-0.15, -0.1) is 0 Å². The maximum atomic E-state index is 15.2. The maximum Gasteiger partial charge on any atom is 0.197 e. The van der Waals surface area contributed by atoms with Crippen molar-refractivity contribution in [2.24, 2.45) is 0 Å². The molecule has 5 nitrogen and oxygen atoms in total. The van der Waals surface area contributed by atoms with Crippen LogP contribution in [0.5, 0.6) is 0 Å². The fourth-order valence-electron chi connectivity index (χ4n) is 8.04. The Morgan fingerprint density at radius 2 is 0.897 bits per heavy atom. The first-order valence-corrected chi connectivity index (χ1v) is 20.8. The highest BCUT2D eigenvalue weighted by molar-refractivity contribution is 7.85. The molecule has 0 aliphatic heterocycles. The number of nitrogens with zero attached hydrogens (tertiary/aromatic N) is 4. The van der Waals surface area contributed by atoms with Gasteiger partial charge in [-0.1, -0.05) is 188 Å². The molecule has 10 aromatic rings. The number of hydrogen-bond donors (Lipinski definition) is 0. The Morgan fingerprint density at radius 3 is 1.50 bits per heavy atom. The van der Waals surface area contributed by atoms with Crippen molar-refractivity contribution in [3.05, 3.63) is 212 Å². The number of para-hydroxylation sites is 1. The van der Waals surface area contributed by atoms with Gasteiger partial charge in [0.15, 0.2) is 12.8 Å². The minimum absolute atomic E-state index is 0.488. The lowest BCUT2D eigenvalue weighted by Gasteiger charge is -2.21. The van der Waals surface area contributed by atoms with Gasteiger partial charge >= 0.3 is 0 Å². The van der Waals surface area contributed by atoms with E-state index in [9.17, 15) is 0 Å². The number of pyridine rings is 1. The molecule has 10 rings (SSSR count). The highest BCUT2D eigenvalue weighted by Crippen LogP contribution is 2.46. The number of fused-ring (bicyclic) bond motifs is 5. The third-order valence-electron chi connectivity index (χ3n) is 10.8. The molecule has 0 fully saturated rings. The first-order chi connectivity index (χ1) is 28.6. The lowest BCUT2D eigenvalue weighted by atomic mass is 9.92. The lowest BCUT2D eigenvalue weighted by Crippen LogP contribution is -2.24. The molecule has 0 saturated carbocycles. The Kier molecular flexibility index (Phi) is 8.75. The van der Waals surface area contributed by atoms with Crippen molar-refractivity contribution in [2.45, 2.75) is 0 Å². The Balaban J connectivity index is 1.24. The van der Waals surface area contributed by atoms with Gasteiger partial charge in [-0.2, -0.15) is 0 Å². The Labute approximate surface area is 336 Å². The Bertz CT molecular complexity index is 3200. The topological polar surface area (TPSA) is 60.1 Å². The van der Waals surface area contributed by atoms with Gasteiger partial charge in [0.1, 0.15) is 0 Å². The summed E-state index contributed by atoms with van der Waals surface area (Å²) in [5.74, 6) is 0. The third kappa shape index (κ3) is 5.87. The van der Waals surface area contributed by atoms with Crippen molar-refractivity contribution in [3.63, 3.8) is 0 Å². The molecule has 0 saturated heterocycles. The van der Waals surface area contributed by atoms with Crippen LogP contribution in [0.1, 0.15) is 0 Å². The monoisotopic (exact) mass is 760 g/mol. The molecule has 0 aliphatic carbocycles. The van der Waals surface area contributed by atoms with Gasteiger partial charge in [-0.25, -0.2) is 19.8 Å². The molecule has 0 radical (unpaired) electrons. The van der Waals surface area contributed by atoms with Gasteiger partial charge in [-0.3, -0.25) is 0 Å². The van der Waals surface area contributed by atoms with E-state index in [0.717, 1.165) is 76.8 Å². The SMILES string of the molecule is [C-]#[N+]c1cc2nc(-c3ccccc3)c(-c3ccccc3)nc2c2c(-c3ccccc3-c3ccc(P(=O)(c4ccccc4)c4ccccc4)cc3)nc3ccccc3c12. The second-order valence-electron chi connectivity index (χ2n) is 14.1. The van der Waals surface area contributed by atoms with Gasteiger partial charge in [0.05, 0.1) is 40.2 Å². The molecule has 0 spiro atoms. The van der Waals surface area contributed by atoms with E-state index in [4.69, 9.17) is 21.5 Å². The van der Waals surface area contributed by atoms with Crippen molar-refractivity contribution in [1.29, 1.82) is 0 Å². The summed E-state index contributed by atoms with van der Waals surface area (Å²) in [4.78, 5) is 20.3. The first-order valence-electron chi connectivity index (χ1n) is 19.1. The largest absolute Gasteiger partial charge is 0.309 e. The number of benzene rings is 8. The predicted octanol–water partition coefficient (Wildman–Crippen LogP) is 12.2. The summed E-state index contributed by atoms with van der Waals surface area (Å²) in [7, 11) is -3.17. The van der Waals surface area contributed by atoms with Gasteiger partial charge in [-0.05, 0) is 28.6 Å². The highest BCUT2D eigenvalue weighted by Gasteiger charge is 2.30. The van der Waals surface area contributed by atoms with Crippen LogP contribution in [0.3, 0.4) is 0 Å². The van der Waals surface area contributed by atoms with Crippen molar-refractivity contribution < 1.29 is 4.57 Å². The average molecular weight is 761 g/mol. The first kappa shape index (κ1) is 34.9. The fraction of sp³-hybridized carbons (Fsp3) is 0. The minimum atomic E-state index is -3.17. The van der Waals surface area contributed by atoms with E-state index in [1.807, 2.05) is 164 Å². The average Bonchev–Trinajstić information content (AvgIpc) is 3.31. The van der Waals surface area contributed by atoms with Crippen LogP contribution in [0.4, 0.5) is 5.69 Å². The molecule has 272 valence electrons. The van der Waals surface area contributed by atoms with E-state index in [1.165, 1.54) is 0 Å². The van der Waals surface area contributed by atoms with Crippen LogP contribution >= 0.6 is 7.14 Å². The summed E-state index contributed by atoms with van der Waals surface area (Å²) in [6.07, 6.45) is 0. The molecular formula is C52H33N4OP. The van der Waals surface area contributed by atoms with Crippen molar-refractivity contribution in [1.82, 2.24) is 15.0 Å². The van der Waals surface area contributed by atoms with Crippen LogP contribution < -0.4 is 15.9 Å². The normalized spacial score (nSPS) is 11.5. The van der Waals surface area contributed by atoms with Gasteiger partial charge in [0, 0.05) is 43.4 Å². The molecule has 0 aliphatic rings. The van der Waals surface area contributed by atoms with Crippen LogP contribution in [-0.4, -0.2) is 15.0 Å². The molecular weight excluding hydrogens is 728 g/mol. The molecule has 8 aromatic carbocycles. The van der Waals surface area contributed by atoms with Gasteiger partial charge in [0.2, 0.25) is 0 Å². The zero-order valence-corrected chi connectivity index (χ0v) is 32.1. The van der Waals surface area contributed by atoms with Crippen molar-refractivity contribution in [2.75, 3.05) is 0 Å². The molecule has 0 atom stereocenters. The highest BCUT2D eigenvalue weighted by atomic mass is 31.2.